The lowest BCUT2D eigenvalue weighted by molar-refractivity contribution is -0.132. The van der Waals surface area contributed by atoms with Crippen LogP contribution in [0.5, 0.6) is 0 Å². The lowest BCUT2D eigenvalue weighted by atomic mass is 10.1. The third-order valence-electron chi connectivity index (χ3n) is 1.83. The molecule has 5 nitrogen and oxygen atoms in total. The molecule has 16 heavy (non-hydrogen) atoms. The molecular formula is C11H10O5. The van der Waals surface area contributed by atoms with Crippen LogP contribution in [0.3, 0.4) is 0 Å². The van der Waals surface area contributed by atoms with E-state index in [0.29, 0.717) is 5.76 Å². The van der Waals surface area contributed by atoms with E-state index < -0.39 is 11.9 Å². The molecule has 0 unspecified atom stereocenters. The summed E-state index contributed by atoms with van der Waals surface area (Å²) in [5.41, 5.74) is 0.0359. The Morgan fingerprint density at radius 2 is 2.06 bits per heavy atom. The third-order valence-corrected chi connectivity index (χ3v) is 1.83. The number of carboxylic acid groups (broad SMARTS) is 2. The van der Waals surface area contributed by atoms with Gasteiger partial charge in [0, 0.05) is 6.08 Å². The first-order chi connectivity index (χ1) is 7.50. The fraction of sp³-hybridized carbons (Fsp3) is 0.0909. The Labute approximate surface area is 91.3 Å². The van der Waals surface area contributed by atoms with Crippen molar-refractivity contribution in [3.05, 3.63) is 41.4 Å². The van der Waals surface area contributed by atoms with Gasteiger partial charge in [0.05, 0.1) is 11.8 Å². The predicted octanol–water partition coefficient (Wildman–Crippen LogP) is 1.78. The summed E-state index contributed by atoms with van der Waals surface area (Å²) in [4.78, 5) is 21.3. The van der Waals surface area contributed by atoms with E-state index >= 15 is 0 Å². The maximum absolute atomic E-state index is 10.9. The predicted molar refractivity (Wildman–Crippen MR) is 55.7 cm³/mol. The highest BCUT2D eigenvalue weighted by atomic mass is 16.4. The number of rotatable bonds is 4. The van der Waals surface area contributed by atoms with Crippen LogP contribution in [0.2, 0.25) is 0 Å². The van der Waals surface area contributed by atoms with Crippen LogP contribution >= 0.6 is 0 Å². The van der Waals surface area contributed by atoms with Crippen LogP contribution < -0.4 is 0 Å². The average Bonchev–Trinajstić information content (AvgIpc) is 2.64. The van der Waals surface area contributed by atoms with Crippen LogP contribution in [0.15, 0.2) is 40.0 Å². The second kappa shape index (κ2) is 4.97. The Bertz CT molecular complexity index is 451. The highest BCUT2D eigenvalue weighted by molar-refractivity contribution is 5.98. The third kappa shape index (κ3) is 3.13. The monoisotopic (exact) mass is 222 g/mol. The molecule has 0 atom stereocenters. The van der Waals surface area contributed by atoms with Gasteiger partial charge in [-0.05, 0) is 30.7 Å². The van der Waals surface area contributed by atoms with Crippen LogP contribution in [-0.2, 0) is 9.59 Å². The summed E-state index contributed by atoms with van der Waals surface area (Å²) in [6.07, 6.45) is 3.52. The van der Waals surface area contributed by atoms with E-state index in [1.807, 2.05) is 0 Å². The topological polar surface area (TPSA) is 87.7 Å². The van der Waals surface area contributed by atoms with Crippen molar-refractivity contribution in [1.29, 1.82) is 0 Å². The van der Waals surface area contributed by atoms with Crippen molar-refractivity contribution in [2.45, 2.75) is 6.92 Å². The Balaban J connectivity index is 3.10. The van der Waals surface area contributed by atoms with Crippen molar-refractivity contribution in [2.75, 3.05) is 0 Å². The molecule has 5 heteroatoms. The molecule has 0 aromatic carbocycles. The summed E-state index contributed by atoms with van der Waals surface area (Å²) in [5.74, 6) is -2.04. The minimum atomic E-state index is -1.20. The van der Waals surface area contributed by atoms with Gasteiger partial charge in [0.2, 0.25) is 0 Å². The zero-order valence-corrected chi connectivity index (χ0v) is 8.51. The zero-order valence-electron chi connectivity index (χ0n) is 8.51. The molecule has 1 heterocycles. The van der Waals surface area contributed by atoms with Crippen LogP contribution in [0.4, 0.5) is 0 Å². The molecule has 1 rings (SSSR count). The smallest absolute Gasteiger partial charge is 0.336 e. The SMILES string of the molecule is CC(=CC(=O)O)C(=Cc1ccco1)C(=O)O. The average molecular weight is 222 g/mol. The first-order valence-electron chi connectivity index (χ1n) is 4.41. The van der Waals surface area contributed by atoms with Gasteiger partial charge < -0.3 is 14.6 Å². The minimum absolute atomic E-state index is 0.114. The summed E-state index contributed by atoms with van der Waals surface area (Å²) >= 11 is 0. The van der Waals surface area contributed by atoms with Crippen molar-refractivity contribution in [2.24, 2.45) is 0 Å². The Morgan fingerprint density at radius 3 is 2.50 bits per heavy atom. The second-order valence-corrected chi connectivity index (χ2v) is 3.04. The van der Waals surface area contributed by atoms with Gasteiger partial charge in [0.15, 0.2) is 0 Å². The molecule has 0 aliphatic heterocycles. The molecule has 1 aromatic rings. The molecule has 0 saturated heterocycles. The van der Waals surface area contributed by atoms with Gasteiger partial charge in [-0.3, -0.25) is 0 Å². The molecular weight excluding hydrogens is 212 g/mol. The molecule has 0 bridgehead atoms. The van der Waals surface area contributed by atoms with E-state index in [0.717, 1.165) is 6.08 Å². The summed E-state index contributed by atoms with van der Waals surface area (Å²) in [6, 6.07) is 3.19. The van der Waals surface area contributed by atoms with Crippen molar-refractivity contribution < 1.29 is 24.2 Å². The van der Waals surface area contributed by atoms with Gasteiger partial charge >= 0.3 is 11.9 Å². The van der Waals surface area contributed by atoms with E-state index in [1.54, 1.807) is 12.1 Å². The molecule has 0 aliphatic carbocycles. The molecule has 0 fully saturated rings. The number of hydrogen-bond acceptors (Lipinski definition) is 3. The molecule has 0 radical (unpaired) electrons. The van der Waals surface area contributed by atoms with Gasteiger partial charge in [0.1, 0.15) is 5.76 Å². The number of carboxylic acids is 2. The fourth-order valence-corrected chi connectivity index (χ4v) is 1.12. The molecule has 84 valence electrons. The summed E-state index contributed by atoms with van der Waals surface area (Å²) < 4.78 is 4.95. The number of hydrogen-bond donors (Lipinski definition) is 2. The van der Waals surface area contributed by atoms with E-state index in [1.165, 1.54) is 19.3 Å². The molecule has 0 aliphatic rings. The Kier molecular flexibility index (Phi) is 3.66. The van der Waals surface area contributed by atoms with Crippen LogP contribution in [0.25, 0.3) is 6.08 Å². The molecule has 0 spiro atoms. The first kappa shape index (κ1) is 11.8. The Hall–Kier alpha value is -2.30. The normalized spacial score (nSPS) is 12.6. The van der Waals surface area contributed by atoms with Gasteiger partial charge in [0.25, 0.3) is 0 Å². The highest BCUT2D eigenvalue weighted by Crippen LogP contribution is 2.15. The standard InChI is InChI=1S/C11H10O5/c1-7(5-10(12)13)9(11(14)15)6-8-3-2-4-16-8/h2-6H,1H3,(H,12,13)(H,14,15). The lowest BCUT2D eigenvalue weighted by Gasteiger charge is -2.00. The van der Waals surface area contributed by atoms with Crippen molar-refractivity contribution in [3.63, 3.8) is 0 Å². The zero-order chi connectivity index (χ0) is 12.1. The number of carbonyl (C=O) groups is 2. The minimum Gasteiger partial charge on any atom is -0.478 e. The summed E-state index contributed by atoms with van der Waals surface area (Å²) in [5, 5.41) is 17.4. The van der Waals surface area contributed by atoms with E-state index in [9.17, 15) is 9.59 Å². The lowest BCUT2D eigenvalue weighted by Crippen LogP contribution is -2.03. The highest BCUT2D eigenvalue weighted by Gasteiger charge is 2.11. The van der Waals surface area contributed by atoms with Crippen molar-refractivity contribution in [1.82, 2.24) is 0 Å². The molecule has 0 amide bonds. The summed E-state index contributed by atoms with van der Waals surface area (Å²) in [7, 11) is 0. The fourth-order valence-electron chi connectivity index (χ4n) is 1.12. The second-order valence-electron chi connectivity index (χ2n) is 3.04. The first-order valence-corrected chi connectivity index (χ1v) is 4.41. The number of aliphatic carboxylic acids is 2. The Morgan fingerprint density at radius 1 is 1.38 bits per heavy atom. The van der Waals surface area contributed by atoms with E-state index in [4.69, 9.17) is 14.6 Å². The van der Waals surface area contributed by atoms with Crippen LogP contribution in [0.1, 0.15) is 12.7 Å². The summed E-state index contributed by atoms with van der Waals surface area (Å²) in [6.45, 7) is 1.41. The molecule has 0 saturated carbocycles. The van der Waals surface area contributed by atoms with Gasteiger partial charge in [-0.2, -0.15) is 0 Å². The van der Waals surface area contributed by atoms with Gasteiger partial charge in [-0.15, -0.1) is 0 Å². The van der Waals surface area contributed by atoms with E-state index in [2.05, 4.69) is 0 Å². The van der Waals surface area contributed by atoms with Crippen LogP contribution in [-0.4, -0.2) is 22.2 Å². The largest absolute Gasteiger partial charge is 0.478 e. The maximum atomic E-state index is 10.9. The van der Waals surface area contributed by atoms with Crippen molar-refractivity contribution in [3.8, 4) is 0 Å². The van der Waals surface area contributed by atoms with Crippen molar-refractivity contribution >= 4 is 18.0 Å². The van der Waals surface area contributed by atoms with Gasteiger partial charge in [-0.25, -0.2) is 9.59 Å². The molecule has 1 aromatic heterocycles. The van der Waals surface area contributed by atoms with Gasteiger partial charge in [-0.1, -0.05) is 0 Å². The molecule has 2 N–H and O–H groups in total. The van der Waals surface area contributed by atoms with E-state index in [-0.39, 0.29) is 11.1 Å². The quantitative estimate of drug-likeness (QED) is 0.598. The number of furan rings is 1. The van der Waals surface area contributed by atoms with Crippen LogP contribution in [0, 0.1) is 0 Å². The maximum Gasteiger partial charge on any atom is 0.336 e.